The van der Waals surface area contributed by atoms with Gasteiger partial charge in [0, 0.05) is 25.3 Å². The van der Waals surface area contributed by atoms with Gasteiger partial charge in [-0.3, -0.25) is 4.98 Å². The Kier molecular flexibility index (Phi) is 8.46. The predicted molar refractivity (Wildman–Crippen MR) is 148 cm³/mol. The number of thiocarbonyl (C=S) groups is 1. The topological polar surface area (TPSA) is 108 Å². The number of nitrogens with one attached hydrogen (secondary N) is 2. The summed E-state index contributed by atoms with van der Waals surface area (Å²) in [6.07, 6.45) is 4.39. The number of rotatable bonds is 7. The molecule has 1 fully saturated rings. The van der Waals surface area contributed by atoms with Crippen LogP contribution in [0.1, 0.15) is 38.2 Å². The zero-order chi connectivity index (χ0) is 27.5. The average molecular weight is 577 g/mol. The Bertz CT molecular complexity index is 1510. The van der Waals surface area contributed by atoms with Gasteiger partial charge in [0.2, 0.25) is 19.9 Å². The summed E-state index contributed by atoms with van der Waals surface area (Å²) in [6, 6.07) is 11.9. The van der Waals surface area contributed by atoms with E-state index in [2.05, 4.69) is 15.0 Å². The quantitative estimate of drug-likeness (QED) is 0.316. The van der Waals surface area contributed by atoms with Crippen LogP contribution in [0.3, 0.4) is 0 Å². The lowest BCUT2D eigenvalue weighted by Gasteiger charge is -2.34. The van der Waals surface area contributed by atoms with E-state index in [9.17, 15) is 21.2 Å². The molecule has 1 aromatic heterocycles. The zero-order valence-corrected chi connectivity index (χ0v) is 23.4. The SMILES string of the molecule is CC(C)c1ccc(S(=O)(=O)c2ccc(F)cc2)cc1S(=O)(=O)NC1CCN(C(=S)Nc2cccnc2)CC1. The molecular weight excluding hydrogens is 548 g/mol. The maximum absolute atomic E-state index is 13.5. The number of aromatic nitrogens is 1. The maximum Gasteiger partial charge on any atom is 0.241 e. The molecule has 4 rings (SSSR count). The maximum atomic E-state index is 13.5. The second-order valence-electron chi connectivity index (χ2n) is 9.37. The van der Waals surface area contributed by atoms with E-state index in [-0.39, 0.29) is 26.6 Å². The highest BCUT2D eigenvalue weighted by molar-refractivity contribution is 7.91. The van der Waals surface area contributed by atoms with Crippen molar-refractivity contribution in [3.05, 3.63) is 78.4 Å². The zero-order valence-electron chi connectivity index (χ0n) is 21.0. The van der Waals surface area contributed by atoms with Crippen LogP contribution in [0.5, 0.6) is 0 Å². The van der Waals surface area contributed by atoms with Gasteiger partial charge in [-0.1, -0.05) is 19.9 Å². The van der Waals surface area contributed by atoms with E-state index in [1.807, 2.05) is 24.8 Å². The first-order chi connectivity index (χ1) is 18.0. The highest BCUT2D eigenvalue weighted by Crippen LogP contribution is 2.30. The molecule has 0 saturated carbocycles. The lowest BCUT2D eigenvalue weighted by Crippen LogP contribution is -2.47. The molecule has 2 aromatic carbocycles. The third kappa shape index (κ3) is 6.37. The van der Waals surface area contributed by atoms with Crippen LogP contribution in [0.25, 0.3) is 0 Å². The molecule has 1 saturated heterocycles. The summed E-state index contributed by atoms with van der Waals surface area (Å²) in [5.41, 5.74) is 1.28. The molecule has 0 bridgehead atoms. The van der Waals surface area contributed by atoms with E-state index in [0.29, 0.717) is 36.6 Å². The van der Waals surface area contributed by atoms with Crippen LogP contribution in [-0.4, -0.2) is 51.0 Å². The molecule has 1 aliphatic heterocycles. The molecule has 0 aliphatic carbocycles. The molecule has 2 heterocycles. The molecule has 0 atom stereocenters. The van der Waals surface area contributed by atoms with E-state index in [1.54, 1.807) is 18.5 Å². The van der Waals surface area contributed by atoms with Crippen molar-refractivity contribution in [2.24, 2.45) is 0 Å². The van der Waals surface area contributed by atoms with Gasteiger partial charge in [0.15, 0.2) is 5.11 Å². The highest BCUT2D eigenvalue weighted by Gasteiger charge is 2.29. The number of sulfone groups is 1. The minimum Gasteiger partial charge on any atom is -0.349 e. The van der Waals surface area contributed by atoms with Gasteiger partial charge in [-0.05, 0) is 85.1 Å². The number of piperidine rings is 1. The Morgan fingerprint density at radius 2 is 1.68 bits per heavy atom. The van der Waals surface area contributed by atoms with E-state index >= 15 is 0 Å². The molecule has 38 heavy (non-hydrogen) atoms. The molecule has 0 spiro atoms. The third-order valence-corrected chi connectivity index (χ3v) is 10.1. The molecule has 2 N–H and O–H groups in total. The summed E-state index contributed by atoms with van der Waals surface area (Å²) >= 11 is 5.49. The molecular formula is C26H29FN4O4S3. The number of halogens is 1. The van der Waals surface area contributed by atoms with E-state index in [0.717, 1.165) is 30.0 Å². The highest BCUT2D eigenvalue weighted by atomic mass is 32.2. The second-order valence-corrected chi connectivity index (χ2v) is 13.4. The Morgan fingerprint density at radius 1 is 1.03 bits per heavy atom. The summed E-state index contributed by atoms with van der Waals surface area (Å²) in [5.74, 6) is -0.729. The van der Waals surface area contributed by atoms with Gasteiger partial charge in [-0.15, -0.1) is 0 Å². The molecule has 0 radical (unpaired) electrons. The summed E-state index contributed by atoms with van der Waals surface area (Å²) in [4.78, 5) is 5.67. The van der Waals surface area contributed by atoms with Crippen molar-refractivity contribution >= 4 is 42.9 Å². The lowest BCUT2D eigenvalue weighted by atomic mass is 10.0. The van der Waals surface area contributed by atoms with Gasteiger partial charge in [-0.25, -0.2) is 25.9 Å². The number of hydrogen-bond donors (Lipinski definition) is 2. The van der Waals surface area contributed by atoms with Crippen molar-refractivity contribution in [3.8, 4) is 0 Å². The number of nitrogens with zero attached hydrogens (tertiary/aromatic N) is 2. The minimum absolute atomic E-state index is 0.0770. The molecule has 8 nitrogen and oxygen atoms in total. The standard InChI is InChI=1S/C26H29FN4O4S3/c1-18(2)24-10-9-23(37(32,33)22-7-5-19(27)6-8-22)16-25(24)38(34,35)30-20-11-14-31(15-12-20)26(36)29-21-4-3-13-28-17-21/h3-10,13,16-18,20,30H,11-12,14-15H2,1-2H3,(H,29,36). The van der Waals surface area contributed by atoms with Gasteiger partial charge >= 0.3 is 0 Å². The van der Waals surface area contributed by atoms with Gasteiger partial charge in [0.05, 0.1) is 26.6 Å². The van der Waals surface area contributed by atoms with Crippen LogP contribution in [0.15, 0.2) is 81.7 Å². The summed E-state index contributed by atoms with van der Waals surface area (Å²) in [5, 5.41) is 3.68. The minimum atomic E-state index is -4.05. The number of hydrogen-bond acceptors (Lipinski definition) is 6. The van der Waals surface area contributed by atoms with Crippen LogP contribution < -0.4 is 10.0 Å². The largest absolute Gasteiger partial charge is 0.349 e. The number of pyridine rings is 1. The van der Waals surface area contributed by atoms with Gasteiger partial charge < -0.3 is 10.2 Å². The van der Waals surface area contributed by atoms with E-state index in [4.69, 9.17) is 12.2 Å². The van der Waals surface area contributed by atoms with Crippen molar-refractivity contribution in [3.63, 3.8) is 0 Å². The Morgan fingerprint density at radius 3 is 2.29 bits per heavy atom. The predicted octanol–water partition coefficient (Wildman–Crippen LogP) is 4.32. The number of benzene rings is 2. The fraction of sp³-hybridized carbons (Fsp3) is 0.308. The number of anilines is 1. The third-order valence-electron chi connectivity index (χ3n) is 6.35. The van der Waals surface area contributed by atoms with E-state index in [1.165, 1.54) is 18.2 Å². The van der Waals surface area contributed by atoms with Crippen molar-refractivity contribution in [2.45, 2.75) is 53.3 Å². The smallest absolute Gasteiger partial charge is 0.241 e. The fourth-order valence-electron chi connectivity index (χ4n) is 4.26. The van der Waals surface area contributed by atoms with Crippen LogP contribution in [0.4, 0.5) is 10.1 Å². The second kappa shape index (κ2) is 11.4. The number of sulfonamides is 1. The first-order valence-corrected chi connectivity index (χ1v) is 15.5. The van der Waals surface area contributed by atoms with Crippen LogP contribution in [0.2, 0.25) is 0 Å². The Balaban J connectivity index is 1.51. The fourth-order valence-corrected chi connectivity index (χ4v) is 7.62. The van der Waals surface area contributed by atoms with Gasteiger partial charge in [-0.2, -0.15) is 0 Å². The van der Waals surface area contributed by atoms with Crippen molar-refractivity contribution < 1.29 is 21.2 Å². The van der Waals surface area contributed by atoms with E-state index < -0.39 is 25.7 Å². The molecule has 0 unspecified atom stereocenters. The molecule has 12 heteroatoms. The van der Waals surface area contributed by atoms with Crippen molar-refractivity contribution in [2.75, 3.05) is 18.4 Å². The average Bonchev–Trinajstić information content (AvgIpc) is 2.89. The lowest BCUT2D eigenvalue weighted by molar-refractivity contribution is 0.305. The first kappa shape index (κ1) is 28.1. The summed E-state index contributed by atoms with van der Waals surface area (Å²) < 4.78 is 69.5. The van der Waals surface area contributed by atoms with Crippen molar-refractivity contribution in [1.29, 1.82) is 0 Å². The van der Waals surface area contributed by atoms with Crippen molar-refractivity contribution in [1.82, 2.24) is 14.6 Å². The van der Waals surface area contributed by atoms with Crippen LogP contribution in [0, 0.1) is 5.82 Å². The molecule has 3 aromatic rings. The Labute approximate surface area is 228 Å². The molecule has 0 amide bonds. The molecule has 1 aliphatic rings. The normalized spacial score (nSPS) is 15.0. The Hall–Kier alpha value is -2.93. The molecule has 202 valence electrons. The number of likely N-dealkylation sites (tertiary alicyclic amines) is 1. The first-order valence-electron chi connectivity index (χ1n) is 12.1. The van der Waals surface area contributed by atoms with Gasteiger partial charge in [0.25, 0.3) is 0 Å². The van der Waals surface area contributed by atoms with Crippen LogP contribution >= 0.6 is 12.2 Å². The van der Waals surface area contributed by atoms with Gasteiger partial charge in [0.1, 0.15) is 5.82 Å². The summed E-state index contributed by atoms with van der Waals surface area (Å²) in [7, 11) is -8.09. The monoisotopic (exact) mass is 576 g/mol. The summed E-state index contributed by atoms with van der Waals surface area (Å²) in [6.45, 7) is 4.79. The van der Waals surface area contributed by atoms with Crippen LogP contribution in [-0.2, 0) is 19.9 Å².